The molecule has 0 fully saturated rings. The van der Waals surface area contributed by atoms with Crippen molar-refractivity contribution in [3.05, 3.63) is 53.6 Å². The lowest BCUT2D eigenvalue weighted by atomic mass is 10.1. The predicted molar refractivity (Wildman–Crippen MR) is 86.3 cm³/mol. The van der Waals surface area contributed by atoms with E-state index in [-0.39, 0.29) is 0 Å². The van der Waals surface area contributed by atoms with Gasteiger partial charge in [0.2, 0.25) is 0 Å². The summed E-state index contributed by atoms with van der Waals surface area (Å²) in [6.45, 7) is 6.32. The molecule has 0 saturated carbocycles. The summed E-state index contributed by atoms with van der Waals surface area (Å²) in [6, 6.07) is 13.7. The number of aryl methyl sites for hydroxylation is 2. The predicted octanol–water partition coefficient (Wildman–Crippen LogP) is 4.62. The van der Waals surface area contributed by atoms with E-state index in [0.29, 0.717) is 12.3 Å². The third-order valence-corrected chi connectivity index (χ3v) is 3.20. The molecule has 0 aliphatic heterocycles. The summed E-state index contributed by atoms with van der Waals surface area (Å²) < 4.78 is 4.83. The summed E-state index contributed by atoms with van der Waals surface area (Å²) in [6.07, 6.45) is -0.438. The molecular weight excluding hydrogens is 264 g/mol. The summed E-state index contributed by atoms with van der Waals surface area (Å²) in [4.78, 5) is 11.3. The van der Waals surface area contributed by atoms with Gasteiger partial charge in [-0.2, -0.15) is 0 Å². The Morgan fingerprint density at radius 1 is 0.952 bits per heavy atom. The van der Waals surface area contributed by atoms with Crippen molar-refractivity contribution >= 4 is 23.2 Å². The van der Waals surface area contributed by atoms with Crippen LogP contribution in [0.1, 0.15) is 18.1 Å². The molecule has 110 valence electrons. The number of hydrogen-bond donors (Lipinski definition) is 2. The highest BCUT2D eigenvalue weighted by molar-refractivity contribution is 5.84. The molecule has 2 aromatic carbocycles. The summed E-state index contributed by atoms with van der Waals surface area (Å²) in [5.41, 5.74) is 5.24. The van der Waals surface area contributed by atoms with E-state index in [1.54, 1.807) is 6.92 Å². The molecule has 0 bridgehead atoms. The van der Waals surface area contributed by atoms with Crippen LogP contribution in [0.4, 0.5) is 21.9 Å². The third kappa shape index (κ3) is 4.24. The second-order valence-corrected chi connectivity index (χ2v) is 4.85. The fraction of sp³-hybridized carbons (Fsp3) is 0.235. The molecule has 4 heteroatoms. The van der Waals surface area contributed by atoms with Crippen molar-refractivity contribution < 1.29 is 9.53 Å². The van der Waals surface area contributed by atoms with E-state index in [1.165, 1.54) is 11.1 Å². The standard InChI is InChI=1S/C17H20N2O2/c1-4-21-17(20)19-15-9-7-14(8-10-15)18-16-6-5-12(2)13(3)11-16/h5-11,18H,4H2,1-3H3,(H,19,20). The smallest absolute Gasteiger partial charge is 0.411 e. The van der Waals surface area contributed by atoms with Crippen molar-refractivity contribution in [3.8, 4) is 0 Å². The van der Waals surface area contributed by atoms with Gasteiger partial charge in [-0.25, -0.2) is 4.79 Å². The lowest BCUT2D eigenvalue weighted by Gasteiger charge is -2.10. The van der Waals surface area contributed by atoms with Gasteiger partial charge in [0.1, 0.15) is 0 Å². The molecule has 0 atom stereocenters. The Labute approximate surface area is 125 Å². The van der Waals surface area contributed by atoms with Gasteiger partial charge < -0.3 is 10.1 Å². The fourth-order valence-corrected chi connectivity index (χ4v) is 1.91. The Morgan fingerprint density at radius 3 is 2.19 bits per heavy atom. The zero-order chi connectivity index (χ0) is 15.2. The molecule has 0 radical (unpaired) electrons. The number of amides is 1. The van der Waals surface area contributed by atoms with E-state index in [1.807, 2.05) is 30.3 Å². The van der Waals surface area contributed by atoms with Crippen LogP contribution in [0.2, 0.25) is 0 Å². The third-order valence-electron chi connectivity index (χ3n) is 3.20. The minimum atomic E-state index is -0.438. The van der Waals surface area contributed by atoms with Crippen molar-refractivity contribution in [3.63, 3.8) is 0 Å². The topological polar surface area (TPSA) is 50.4 Å². The van der Waals surface area contributed by atoms with Crippen molar-refractivity contribution in [1.82, 2.24) is 0 Å². The normalized spacial score (nSPS) is 10.0. The molecule has 0 spiro atoms. The molecule has 2 rings (SSSR count). The molecule has 0 heterocycles. The van der Waals surface area contributed by atoms with E-state index >= 15 is 0 Å². The van der Waals surface area contributed by atoms with Gasteiger partial charge in [-0.05, 0) is 68.3 Å². The first-order valence-electron chi connectivity index (χ1n) is 6.96. The minimum Gasteiger partial charge on any atom is -0.450 e. The summed E-state index contributed by atoms with van der Waals surface area (Å²) in [7, 11) is 0. The van der Waals surface area contributed by atoms with Crippen LogP contribution in [-0.2, 0) is 4.74 Å². The monoisotopic (exact) mass is 284 g/mol. The largest absolute Gasteiger partial charge is 0.450 e. The molecular formula is C17H20N2O2. The average Bonchev–Trinajstić information content (AvgIpc) is 2.45. The van der Waals surface area contributed by atoms with Crippen molar-refractivity contribution in [2.75, 3.05) is 17.2 Å². The highest BCUT2D eigenvalue weighted by Gasteiger charge is 2.02. The molecule has 21 heavy (non-hydrogen) atoms. The second-order valence-electron chi connectivity index (χ2n) is 4.85. The Bertz CT molecular complexity index is 621. The fourth-order valence-electron chi connectivity index (χ4n) is 1.91. The highest BCUT2D eigenvalue weighted by atomic mass is 16.5. The van der Waals surface area contributed by atoms with Gasteiger partial charge >= 0.3 is 6.09 Å². The quantitative estimate of drug-likeness (QED) is 0.861. The molecule has 2 aromatic rings. The first-order chi connectivity index (χ1) is 10.1. The molecule has 2 N–H and O–H groups in total. The Kier molecular flexibility index (Phi) is 4.82. The number of carbonyl (C=O) groups excluding carboxylic acids is 1. The maximum Gasteiger partial charge on any atom is 0.411 e. The van der Waals surface area contributed by atoms with Crippen LogP contribution >= 0.6 is 0 Å². The molecule has 0 aliphatic carbocycles. The molecule has 0 aromatic heterocycles. The van der Waals surface area contributed by atoms with Gasteiger partial charge in [0, 0.05) is 17.1 Å². The Hall–Kier alpha value is -2.49. The van der Waals surface area contributed by atoms with E-state index in [4.69, 9.17) is 4.74 Å². The number of benzene rings is 2. The number of rotatable bonds is 4. The van der Waals surface area contributed by atoms with Gasteiger partial charge in [0.15, 0.2) is 0 Å². The highest BCUT2D eigenvalue weighted by Crippen LogP contribution is 2.21. The van der Waals surface area contributed by atoms with Gasteiger partial charge in [-0.15, -0.1) is 0 Å². The van der Waals surface area contributed by atoms with Gasteiger partial charge in [0.25, 0.3) is 0 Å². The van der Waals surface area contributed by atoms with E-state index in [0.717, 1.165) is 11.4 Å². The SMILES string of the molecule is CCOC(=O)Nc1ccc(Nc2ccc(C)c(C)c2)cc1. The van der Waals surface area contributed by atoms with E-state index in [9.17, 15) is 4.79 Å². The summed E-state index contributed by atoms with van der Waals surface area (Å²) in [5, 5.41) is 6.00. The number of ether oxygens (including phenoxy) is 1. The van der Waals surface area contributed by atoms with Crippen LogP contribution in [0.25, 0.3) is 0 Å². The van der Waals surface area contributed by atoms with Gasteiger partial charge in [-0.1, -0.05) is 6.07 Å². The molecule has 0 unspecified atom stereocenters. The van der Waals surface area contributed by atoms with Crippen LogP contribution < -0.4 is 10.6 Å². The zero-order valence-corrected chi connectivity index (χ0v) is 12.6. The Balaban J connectivity index is 2.01. The summed E-state index contributed by atoms with van der Waals surface area (Å²) >= 11 is 0. The molecule has 1 amide bonds. The lowest BCUT2D eigenvalue weighted by molar-refractivity contribution is 0.168. The number of anilines is 3. The van der Waals surface area contributed by atoms with Crippen molar-refractivity contribution in [2.45, 2.75) is 20.8 Å². The van der Waals surface area contributed by atoms with Crippen LogP contribution in [0.3, 0.4) is 0 Å². The lowest BCUT2D eigenvalue weighted by Crippen LogP contribution is -2.13. The number of carbonyl (C=O) groups is 1. The maximum atomic E-state index is 11.3. The Morgan fingerprint density at radius 2 is 1.57 bits per heavy atom. The van der Waals surface area contributed by atoms with Crippen LogP contribution in [0, 0.1) is 13.8 Å². The van der Waals surface area contributed by atoms with Crippen molar-refractivity contribution in [1.29, 1.82) is 0 Å². The first-order valence-corrected chi connectivity index (χ1v) is 6.96. The minimum absolute atomic E-state index is 0.359. The average molecular weight is 284 g/mol. The molecule has 4 nitrogen and oxygen atoms in total. The van der Waals surface area contributed by atoms with Crippen molar-refractivity contribution in [2.24, 2.45) is 0 Å². The second kappa shape index (κ2) is 6.79. The zero-order valence-electron chi connectivity index (χ0n) is 12.6. The van der Waals surface area contributed by atoms with Crippen LogP contribution in [-0.4, -0.2) is 12.7 Å². The number of nitrogens with one attached hydrogen (secondary N) is 2. The molecule has 0 aliphatic rings. The van der Waals surface area contributed by atoms with Gasteiger partial charge in [0.05, 0.1) is 6.61 Å². The van der Waals surface area contributed by atoms with Crippen LogP contribution in [0.5, 0.6) is 0 Å². The van der Waals surface area contributed by atoms with E-state index < -0.39 is 6.09 Å². The molecule has 0 saturated heterocycles. The maximum absolute atomic E-state index is 11.3. The van der Waals surface area contributed by atoms with Crippen LogP contribution in [0.15, 0.2) is 42.5 Å². The first kappa shape index (κ1) is 14.9. The van der Waals surface area contributed by atoms with E-state index in [2.05, 4.69) is 36.6 Å². The number of hydrogen-bond acceptors (Lipinski definition) is 3. The summed E-state index contributed by atoms with van der Waals surface area (Å²) in [5.74, 6) is 0. The van der Waals surface area contributed by atoms with Gasteiger partial charge in [-0.3, -0.25) is 5.32 Å².